The molecule has 1 N–H and O–H groups in total. The maximum Gasteiger partial charge on any atom is 0.227 e. The summed E-state index contributed by atoms with van der Waals surface area (Å²) < 4.78 is 0. The zero-order chi connectivity index (χ0) is 19.0. The van der Waals surface area contributed by atoms with Crippen molar-refractivity contribution in [1.29, 1.82) is 0 Å². The Hall–Kier alpha value is -2.63. The molecule has 0 bridgehead atoms. The van der Waals surface area contributed by atoms with E-state index < -0.39 is 0 Å². The van der Waals surface area contributed by atoms with Gasteiger partial charge < -0.3 is 15.1 Å². The van der Waals surface area contributed by atoms with E-state index in [1.165, 1.54) is 11.1 Å². The number of hydrogen-bond donors (Lipinski definition) is 1. The first-order chi connectivity index (χ1) is 13.1. The van der Waals surface area contributed by atoms with E-state index in [1.807, 2.05) is 12.3 Å². The van der Waals surface area contributed by atoms with Crippen molar-refractivity contribution < 1.29 is 4.79 Å². The number of rotatable bonds is 4. The highest BCUT2D eigenvalue weighted by Crippen LogP contribution is 2.46. The molecule has 0 unspecified atom stereocenters. The first-order valence-electron chi connectivity index (χ1n) is 9.73. The number of hydrogen-bond acceptors (Lipinski definition) is 5. The Morgan fingerprint density at radius 3 is 2.78 bits per heavy atom. The minimum Gasteiger partial charge on any atom is -0.370 e. The van der Waals surface area contributed by atoms with Crippen LogP contribution in [0.25, 0.3) is 0 Å². The second-order valence-corrected chi connectivity index (χ2v) is 7.57. The van der Waals surface area contributed by atoms with Crippen molar-refractivity contribution in [2.45, 2.75) is 26.8 Å². The minimum atomic E-state index is 0.135. The van der Waals surface area contributed by atoms with E-state index >= 15 is 0 Å². The van der Waals surface area contributed by atoms with Crippen LogP contribution in [0, 0.1) is 18.8 Å². The van der Waals surface area contributed by atoms with Gasteiger partial charge in [-0.25, -0.2) is 4.98 Å². The van der Waals surface area contributed by atoms with Crippen LogP contribution in [0.15, 0.2) is 36.5 Å². The van der Waals surface area contributed by atoms with Crippen molar-refractivity contribution >= 4 is 17.7 Å². The maximum absolute atomic E-state index is 12.3. The van der Waals surface area contributed by atoms with Crippen molar-refractivity contribution in [1.82, 2.24) is 14.9 Å². The summed E-state index contributed by atoms with van der Waals surface area (Å²) in [6, 6.07) is 10.5. The normalized spacial score (nSPS) is 24.2. The topological polar surface area (TPSA) is 61.4 Å². The molecule has 2 aliphatic heterocycles. The van der Waals surface area contributed by atoms with Crippen LogP contribution >= 0.6 is 0 Å². The number of aromatic nitrogens is 2. The second kappa shape index (κ2) is 7.18. The predicted molar refractivity (Wildman–Crippen MR) is 107 cm³/mol. The summed E-state index contributed by atoms with van der Waals surface area (Å²) in [5, 5.41) is 3.26. The Kier molecular flexibility index (Phi) is 4.72. The SMILES string of the molecule is CCNc1ccnc(N2C[C@@H]3CN(C(C)=O)[C@@H](c4ccccc4C)[C@@H]3C2)n1. The second-order valence-electron chi connectivity index (χ2n) is 7.57. The number of aryl methyl sites for hydroxylation is 1. The summed E-state index contributed by atoms with van der Waals surface area (Å²) in [4.78, 5) is 25.8. The Labute approximate surface area is 160 Å². The molecule has 1 aromatic carbocycles. The number of anilines is 2. The molecule has 142 valence electrons. The lowest BCUT2D eigenvalue weighted by molar-refractivity contribution is -0.130. The Morgan fingerprint density at radius 1 is 1.22 bits per heavy atom. The molecule has 1 aromatic heterocycles. The van der Waals surface area contributed by atoms with Crippen LogP contribution < -0.4 is 10.2 Å². The summed E-state index contributed by atoms with van der Waals surface area (Å²) >= 11 is 0. The summed E-state index contributed by atoms with van der Waals surface area (Å²) in [6.07, 6.45) is 1.81. The lowest BCUT2D eigenvalue weighted by Crippen LogP contribution is -2.35. The molecule has 0 radical (unpaired) electrons. The van der Waals surface area contributed by atoms with Crippen molar-refractivity contribution in [2.75, 3.05) is 36.4 Å². The average molecular weight is 365 g/mol. The maximum atomic E-state index is 12.3. The number of fused-ring (bicyclic) bond motifs is 1. The molecule has 0 saturated carbocycles. The highest BCUT2D eigenvalue weighted by molar-refractivity contribution is 5.74. The summed E-state index contributed by atoms with van der Waals surface area (Å²) in [6.45, 7) is 9.30. The van der Waals surface area contributed by atoms with E-state index in [-0.39, 0.29) is 11.9 Å². The van der Waals surface area contributed by atoms with Crippen molar-refractivity contribution in [3.8, 4) is 0 Å². The zero-order valence-corrected chi connectivity index (χ0v) is 16.2. The molecule has 2 fully saturated rings. The van der Waals surface area contributed by atoms with Gasteiger partial charge in [0.1, 0.15) is 5.82 Å². The van der Waals surface area contributed by atoms with Gasteiger partial charge in [0.05, 0.1) is 6.04 Å². The molecule has 0 aliphatic carbocycles. The van der Waals surface area contributed by atoms with Gasteiger partial charge in [0.25, 0.3) is 0 Å². The van der Waals surface area contributed by atoms with Gasteiger partial charge >= 0.3 is 0 Å². The van der Waals surface area contributed by atoms with Gasteiger partial charge in [-0.2, -0.15) is 4.98 Å². The lowest BCUT2D eigenvalue weighted by Gasteiger charge is -2.30. The largest absolute Gasteiger partial charge is 0.370 e. The fourth-order valence-corrected chi connectivity index (χ4v) is 4.63. The summed E-state index contributed by atoms with van der Waals surface area (Å²) in [5.41, 5.74) is 2.52. The average Bonchev–Trinajstić information content (AvgIpc) is 3.21. The van der Waals surface area contributed by atoms with Crippen LogP contribution in [0.1, 0.15) is 31.0 Å². The first-order valence-corrected chi connectivity index (χ1v) is 9.73. The monoisotopic (exact) mass is 365 g/mol. The van der Waals surface area contributed by atoms with E-state index in [0.29, 0.717) is 11.8 Å². The quantitative estimate of drug-likeness (QED) is 0.903. The molecule has 4 rings (SSSR count). The van der Waals surface area contributed by atoms with Gasteiger partial charge in [-0.3, -0.25) is 4.79 Å². The fraction of sp³-hybridized carbons (Fsp3) is 0.476. The third-order valence-corrected chi connectivity index (χ3v) is 5.86. The molecule has 3 atom stereocenters. The van der Waals surface area contributed by atoms with Crippen LogP contribution in [0.3, 0.4) is 0 Å². The van der Waals surface area contributed by atoms with E-state index in [9.17, 15) is 4.79 Å². The molecule has 6 heteroatoms. The Balaban J connectivity index is 1.62. The van der Waals surface area contributed by atoms with Gasteiger partial charge in [-0.05, 0) is 31.0 Å². The molecule has 0 spiro atoms. The number of likely N-dealkylation sites (tertiary alicyclic amines) is 1. The molecule has 2 aliphatic rings. The smallest absolute Gasteiger partial charge is 0.227 e. The van der Waals surface area contributed by atoms with E-state index in [4.69, 9.17) is 0 Å². The highest BCUT2D eigenvalue weighted by atomic mass is 16.2. The van der Waals surface area contributed by atoms with Crippen molar-refractivity contribution in [2.24, 2.45) is 11.8 Å². The van der Waals surface area contributed by atoms with E-state index in [1.54, 1.807) is 6.92 Å². The van der Waals surface area contributed by atoms with Gasteiger partial charge in [0.15, 0.2) is 0 Å². The van der Waals surface area contributed by atoms with Crippen molar-refractivity contribution in [3.05, 3.63) is 47.7 Å². The molecule has 27 heavy (non-hydrogen) atoms. The molecule has 3 heterocycles. The van der Waals surface area contributed by atoms with Crippen LogP contribution in [0.4, 0.5) is 11.8 Å². The molecule has 6 nitrogen and oxygen atoms in total. The lowest BCUT2D eigenvalue weighted by atomic mass is 9.87. The standard InChI is InChI=1S/C21H27N5O/c1-4-22-19-9-10-23-21(24-19)25-11-16-12-26(15(3)27)20(18(16)13-25)17-8-6-5-7-14(17)2/h5-10,16,18,20H,4,11-13H2,1-3H3,(H,22,23,24)/t16-,18-,20+/m1/s1. The van der Waals surface area contributed by atoms with Gasteiger partial charge in [0.2, 0.25) is 11.9 Å². The zero-order valence-electron chi connectivity index (χ0n) is 16.2. The first kappa shape index (κ1) is 17.8. The minimum absolute atomic E-state index is 0.135. The van der Waals surface area contributed by atoms with Gasteiger partial charge in [0, 0.05) is 51.1 Å². The van der Waals surface area contributed by atoms with E-state index in [0.717, 1.165) is 37.9 Å². The van der Waals surface area contributed by atoms with Crippen LogP contribution in [0.2, 0.25) is 0 Å². The third-order valence-electron chi connectivity index (χ3n) is 5.86. The van der Waals surface area contributed by atoms with Crippen LogP contribution in [0.5, 0.6) is 0 Å². The molecular formula is C21H27N5O. The number of carbonyl (C=O) groups is 1. The van der Waals surface area contributed by atoms with Crippen LogP contribution in [-0.4, -0.2) is 47.0 Å². The molecule has 2 saturated heterocycles. The third kappa shape index (κ3) is 3.24. The van der Waals surface area contributed by atoms with Gasteiger partial charge in [-0.15, -0.1) is 0 Å². The number of nitrogens with one attached hydrogen (secondary N) is 1. The van der Waals surface area contributed by atoms with Gasteiger partial charge in [-0.1, -0.05) is 24.3 Å². The molecular weight excluding hydrogens is 338 g/mol. The summed E-state index contributed by atoms with van der Waals surface area (Å²) in [7, 11) is 0. The number of nitrogens with zero attached hydrogens (tertiary/aromatic N) is 4. The number of benzene rings is 1. The highest BCUT2D eigenvalue weighted by Gasteiger charge is 2.49. The molecule has 2 aromatic rings. The van der Waals surface area contributed by atoms with E-state index in [2.05, 4.69) is 63.2 Å². The Bertz CT molecular complexity index is 839. The predicted octanol–water partition coefficient (Wildman–Crippen LogP) is 2.87. The molecule has 1 amide bonds. The number of carbonyl (C=O) groups excluding carboxylic acids is 1. The summed E-state index contributed by atoms with van der Waals surface area (Å²) in [5.74, 6) is 2.65. The van der Waals surface area contributed by atoms with Crippen molar-refractivity contribution in [3.63, 3.8) is 0 Å². The Morgan fingerprint density at radius 2 is 2.04 bits per heavy atom. The van der Waals surface area contributed by atoms with Crippen LogP contribution in [-0.2, 0) is 4.79 Å². The fourth-order valence-electron chi connectivity index (χ4n) is 4.63. The number of amides is 1.